The van der Waals surface area contributed by atoms with Crippen LogP contribution in [0, 0.1) is 12.7 Å². The minimum absolute atomic E-state index is 0.215. The van der Waals surface area contributed by atoms with E-state index in [1.54, 1.807) is 6.07 Å². The summed E-state index contributed by atoms with van der Waals surface area (Å²) in [6, 6.07) is 12.4. The summed E-state index contributed by atoms with van der Waals surface area (Å²) >= 11 is 0. The number of nitrogens with two attached hydrogens (primary N) is 1. The molecule has 0 aliphatic rings. The molecule has 2 rings (SSSR count). The summed E-state index contributed by atoms with van der Waals surface area (Å²) in [5, 5.41) is 3.25. The van der Waals surface area contributed by atoms with Crippen LogP contribution in [0.5, 0.6) is 0 Å². The van der Waals surface area contributed by atoms with Crippen molar-refractivity contribution >= 4 is 11.4 Å². The fourth-order valence-corrected chi connectivity index (χ4v) is 1.71. The van der Waals surface area contributed by atoms with Crippen LogP contribution >= 0.6 is 0 Å². The van der Waals surface area contributed by atoms with Crippen LogP contribution in [-0.4, -0.2) is 0 Å². The van der Waals surface area contributed by atoms with E-state index in [4.69, 9.17) is 5.73 Å². The van der Waals surface area contributed by atoms with Crippen LogP contribution in [0.15, 0.2) is 42.5 Å². The van der Waals surface area contributed by atoms with Crippen molar-refractivity contribution in [3.63, 3.8) is 0 Å². The van der Waals surface area contributed by atoms with Crippen LogP contribution in [0.2, 0.25) is 0 Å². The van der Waals surface area contributed by atoms with Crippen LogP contribution < -0.4 is 11.1 Å². The standard InChI is InChI=1S/C14H15FN2/c1-10-8-12(15)6-7-14(10)17-9-11-4-2-3-5-13(11)16/h2-8,17H,9,16H2,1H3. The minimum atomic E-state index is -0.215. The second-order valence-electron chi connectivity index (χ2n) is 4.01. The lowest BCUT2D eigenvalue weighted by atomic mass is 10.1. The number of nitrogens with one attached hydrogen (secondary N) is 1. The van der Waals surface area contributed by atoms with Crippen molar-refractivity contribution in [2.45, 2.75) is 13.5 Å². The number of anilines is 2. The molecule has 0 aromatic heterocycles. The van der Waals surface area contributed by atoms with Gasteiger partial charge in [-0.3, -0.25) is 0 Å². The van der Waals surface area contributed by atoms with Gasteiger partial charge in [-0.15, -0.1) is 0 Å². The summed E-state index contributed by atoms with van der Waals surface area (Å²) in [5.41, 5.74) is 9.46. The second-order valence-corrected chi connectivity index (χ2v) is 4.01. The van der Waals surface area contributed by atoms with E-state index >= 15 is 0 Å². The molecule has 0 radical (unpaired) electrons. The Labute approximate surface area is 100 Å². The fourth-order valence-electron chi connectivity index (χ4n) is 1.71. The highest BCUT2D eigenvalue weighted by molar-refractivity contribution is 5.53. The molecule has 2 aromatic carbocycles. The number of halogens is 1. The molecule has 2 aromatic rings. The number of nitrogen functional groups attached to an aromatic ring is 1. The van der Waals surface area contributed by atoms with Crippen LogP contribution in [-0.2, 0) is 6.54 Å². The Hall–Kier alpha value is -2.03. The van der Waals surface area contributed by atoms with Gasteiger partial charge >= 0.3 is 0 Å². The van der Waals surface area contributed by atoms with Crippen LogP contribution in [0.25, 0.3) is 0 Å². The van der Waals surface area contributed by atoms with E-state index in [1.807, 2.05) is 31.2 Å². The third kappa shape index (κ3) is 2.75. The van der Waals surface area contributed by atoms with Gasteiger partial charge in [0.05, 0.1) is 0 Å². The normalized spacial score (nSPS) is 10.2. The highest BCUT2D eigenvalue weighted by Crippen LogP contribution is 2.18. The molecule has 0 aliphatic carbocycles. The molecular formula is C14H15FN2. The molecule has 0 saturated carbocycles. The van der Waals surface area contributed by atoms with Crippen LogP contribution in [0.1, 0.15) is 11.1 Å². The molecule has 0 fully saturated rings. The number of benzene rings is 2. The van der Waals surface area contributed by atoms with Crippen molar-refractivity contribution in [1.29, 1.82) is 0 Å². The summed E-state index contributed by atoms with van der Waals surface area (Å²) in [4.78, 5) is 0. The monoisotopic (exact) mass is 230 g/mol. The summed E-state index contributed by atoms with van der Waals surface area (Å²) in [7, 11) is 0. The molecule has 0 unspecified atom stereocenters. The smallest absolute Gasteiger partial charge is 0.123 e. The van der Waals surface area contributed by atoms with Gasteiger partial charge in [-0.2, -0.15) is 0 Å². The van der Waals surface area contributed by atoms with E-state index in [-0.39, 0.29) is 5.82 Å². The lowest BCUT2D eigenvalue weighted by molar-refractivity contribution is 0.627. The maximum absolute atomic E-state index is 12.9. The maximum Gasteiger partial charge on any atom is 0.123 e. The lowest BCUT2D eigenvalue weighted by Crippen LogP contribution is -2.03. The van der Waals surface area contributed by atoms with Gasteiger partial charge in [0.2, 0.25) is 0 Å². The van der Waals surface area contributed by atoms with Gasteiger partial charge in [0.1, 0.15) is 5.82 Å². The van der Waals surface area contributed by atoms with Gasteiger partial charge in [0, 0.05) is 17.9 Å². The number of aryl methyl sites for hydroxylation is 1. The summed E-state index contributed by atoms with van der Waals surface area (Å²) in [6.07, 6.45) is 0. The molecule has 0 atom stereocenters. The predicted octanol–water partition coefficient (Wildman–Crippen LogP) is 3.33. The Morgan fingerprint density at radius 3 is 2.65 bits per heavy atom. The average Bonchev–Trinajstić information content (AvgIpc) is 2.30. The quantitative estimate of drug-likeness (QED) is 0.794. The maximum atomic E-state index is 12.9. The van der Waals surface area contributed by atoms with Crippen molar-refractivity contribution < 1.29 is 4.39 Å². The van der Waals surface area contributed by atoms with Crippen molar-refractivity contribution in [3.8, 4) is 0 Å². The topological polar surface area (TPSA) is 38.0 Å². The van der Waals surface area contributed by atoms with Crippen molar-refractivity contribution in [2.24, 2.45) is 0 Å². The van der Waals surface area contributed by atoms with E-state index < -0.39 is 0 Å². The van der Waals surface area contributed by atoms with Gasteiger partial charge in [-0.25, -0.2) is 4.39 Å². The number of para-hydroxylation sites is 1. The first-order valence-electron chi connectivity index (χ1n) is 5.50. The summed E-state index contributed by atoms with van der Waals surface area (Å²) in [6.45, 7) is 2.51. The average molecular weight is 230 g/mol. The molecule has 0 spiro atoms. The third-order valence-corrected chi connectivity index (χ3v) is 2.71. The zero-order chi connectivity index (χ0) is 12.3. The molecule has 0 heterocycles. The van der Waals surface area contributed by atoms with Gasteiger partial charge in [-0.05, 0) is 42.3 Å². The molecule has 17 heavy (non-hydrogen) atoms. The number of hydrogen-bond donors (Lipinski definition) is 2. The third-order valence-electron chi connectivity index (χ3n) is 2.71. The fraction of sp³-hybridized carbons (Fsp3) is 0.143. The Kier molecular flexibility index (Phi) is 3.28. The molecule has 0 bridgehead atoms. The Morgan fingerprint density at radius 2 is 1.94 bits per heavy atom. The van der Waals surface area contributed by atoms with E-state index in [0.29, 0.717) is 6.54 Å². The van der Waals surface area contributed by atoms with Gasteiger partial charge in [0.15, 0.2) is 0 Å². The molecule has 3 N–H and O–H groups in total. The first-order valence-corrected chi connectivity index (χ1v) is 5.50. The number of rotatable bonds is 3. The Morgan fingerprint density at radius 1 is 1.18 bits per heavy atom. The van der Waals surface area contributed by atoms with Gasteiger partial charge in [-0.1, -0.05) is 18.2 Å². The highest BCUT2D eigenvalue weighted by atomic mass is 19.1. The zero-order valence-electron chi connectivity index (χ0n) is 9.70. The molecule has 3 heteroatoms. The van der Waals surface area contributed by atoms with Crippen molar-refractivity contribution in [3.05, 3.63) is 59.4 Å². The SMILES string of the molecule is Cc1cc(F)ccc1NCc1ccccc1N. The first-order chi connectivity index (χ1) is 8.16. The molecule has 0 saturated heterocycles. The van der Waals surface area contributed by atoms with E-state index in [1.165, 1.54) is 12.1 Å². The predicted molar refractivity (Wildman–Crippen MR) is 69.3 cm³/mol. The first kappa shape index (κ1) is 11.5. The van der Waals surface area contributed by atoms with E-state index in [9.17, 15) is 4.39 Å². The second kappa shape index (κ2) is 4.87. The summed E-state index contributed by atoms with van der Waals surface area (Å²) < 4.78 is 12.9. The van der Waals surface area contributed by atoms with E-state index in [0.717, 1.165) is 22.5 Å². The molecule has 88 valence electrons. The Balaban J connectivity index is 2.10. The largest absolute Gasteiger partial charge is 0.398 e. The van der Waals surface area contributed by atoms with Crippen molar-refractivity contribution in [1.82, 2.24) is 0 Å². The zero-order valence-corrected chi connectivity index (χ0v) is 9.70. The minimum Gasteiger partial charge on any atom is -0.398 e. The Bertz CT molecular complexity index is 523. The van der Waals surface area contributed by atoms with Gasteiger partial charge in [0.25, 0.3) is 0 Å². The molecule has 0 amide bonds. The lowest BCUT2D eigenvalue weighted by Gasteiger charge is -2.11. The van der Waals surface area contributed by atoms with Crippen molar-refractivity contribution in [2.75, 3.05) is 11.1 Å². The van der Waals surface area contributed by atoms with Crippen LogP contribution in [0.4, 0.5) is 15.8 Å². The van der Waals surface area contributed by atoms with Crippen LogP contribution in [0.3, 0.4) is 0 Å². The summed E-state index contributed by atoms with van der Waals surface area (Å²) in [5.74, 6) is -0.215. The highest BCUT2D eigenvalue weighted by Gasteiger charge is 2.01. The molecule has 2 nitrogen and oxygen atoms in total. The number of hydrogen-bond acceptors (Lipinski definition) is 2. The van der Waals surface area contributed by atoms with Gasteiger partial charge < -0.3 is 11.1 Å². The molecule has 0 aliphatic heterocycles. The molecular weight excluding hydrogens is 215 g/mol. The van der Waals surface area contributed by atoms with E-state index in [2.05, 4.69) is 5.32 Å².